The van der Waals surface area contributed by atoms with Crippen LogP contribution in [0.4, 0.5) is 0 Å². The van der Waals surface area contributed by atoms with Crippen molar-refractivity contribution in [3.63, 3.8) is 0 Å². The average Bonchev–Trinajstić information content (AvgIpc) is 1.61. The first-order valence-electron chi connectivity index (χ1n) is 38.8. The lowest BCUT2D eigenvalue weighted by Crippen LogP contribution is -2.51. The number of rotatable bonds is 23. The fraction of sp³-hybridized carbons (Fsp3) is 0.680. The van der Waals surface area contributed by atoms with E-state index in [-0.39, 0.29) is 104 Å². The van der Waals surface area contributed by atoms with Crippen LogP contribution in [0.25, 0.3) is 0 Å². The first-order chi connectivity index (χ1) is 53.1. The predicted octanol–water partition coefficient (Wildman–Crippen LogP) is 10.7. The summed E-state index contributed by atoms with van der Waals surface area (Å²) in [5.74, 6) is -0.103. The minimum atomic E-state index is -3.70. The Morgan fingerprint density at radius 2 is 0.746 bits per heavy atom. The van der Waals surface area contributed by atoms with Crippen molar-refractivity contribution in [2.24, 2.45) is 35.5 Å². The molecule has 114 heavy (non-hydrogen) atoms. The number of nitrogens with zero attached hydrogens (tertiary/aromatic N) is 3. The summed E-state index contributed by atoms with van der Waals surface area (Å²) in [4.78, 5) is 6.55. The molecule has 0 radical (unpaired) electrons. The van der Waals surface area contributed by atoms with Crippen molar-refractivity contribution < 1.29 is 88.9 Å². The minimum absolute atomic E-state index is 0.0252. The van der Waals surface area contributed by atoms with Crippen LogP contribution >= 0.6 is 57.2 Å². The lowest BCUT2D eigenvalue weighted by molar-refractivity contribution is 0.0752. The molecule has 8 aliphatic heterocycles. The Labute approximate surface area is 700 Å². The van der Waals surface area contributed by atoms with Crippen molar-refractivity contribution in [1.29, 1.82) is 0 Å². The first-order valence-corrected chi connectivity index (χ1v) is 59.0. The van der Waals surface area contributed by atoms with Crippen LogP contribution in [-0.2, 0) is 103 Å². The second kappa shape index (κ2) is 39.8. The lowest BCUT2D eigenvalue weighted by Gasteiger charge is -2.40. The Hall–Kier alpha value is -2.54. The summed E-state index contributed by atoms with van der Waals surface area (Å²) >= 11 is 15.1. The SMILES string of the molecule is CC(C)CCC[C@H]1CS(=O)(=O)C[C@@H]1S(=O)(=O)c1ccc(Cl)cc1.CC(C)OCCCC[C@H]1CS(=O)(=O)C[C@@H]1S(=O)(=O)c1ccc(Cl)cc1.CC1CCN([C@H]2CS(=O)(=O)C[C@@H]2S(=O)(=O)c2cccs2)CC1.C[C@@H]1C[C@H](C)CN([C@H]2CS(=O)(=O)C[C@@H]2S(=O)(=O)c2cccs2)C1.O=S1(=O)C[C@H](N2CCCCC2)[C@@H](S(=O)(=O)c2cccs2)C1. The Morgan fingerprint density at radius 3 is 1.10 bits per heavy atom. The highest BCUT2D eigenvalue weighted by molar-refractivity contribution is 7.99. The number of hydrogen-bond donors (Lipinski definition) is 0. The monoisotopic (exact) mass is 1880 g/mol. The van der Waals surface area contributed by atoms with Crippen molar-refractivity contribution >= 4 is 156 Å². The van der Waals surface area contributed by atoms with Gasteiger partial charge in [0.1, 0.15) is 12.6 Å². The maximum absolute atomic E-state index is 12.9. The highest BCUT2D eigenvalue weighted by atomic mass is 35.5. The first kappa shape index (κ1) is 95.3. The van der Waals surface area contributed by atoms with Crippen LogP contribution in [0, 0.1) is 35.5 Å². The van der Waals surface area contributed by atoms with E-state index >= 15 is 0 Å². The van der Waals surface area contributed by atoms with Crippen LogP contribution in [0.2, 0.25) is 10.0 Å². The Balaban J connectivity index is 0.000000163. The van der Waals surface area contributed by atoms with Gasteiger partial charge in [0.05, 0.1) is 99.7 Å². The van der Waals surface area contributed by atoms with Gasteiger partial charge >= 0.3 is 0 Å². The third kappa shape index (κ3) is 25.6. The molecule has 0 unspecified atom stereocenters. The number of sulfone groups is 10. The van der Waals surface area contributed by atoms with Crippen LogP contribution in [0.3, 0.4) is 0 Å². The van der Waals surface area contributed by atoms with Crippen LogP contribution < -0.4 is 0 Å². The molecule has 644 valence electrons. The highest BCUT2D eigenvalue weighted by Gasteiger charge is 2.53. The molecule has 0 bridgehead atoms. The van der Waals surface area contributed by atoms with E-state index in [1.807, 2.05) is 13.8 Å². The smallest absolute Gasteiger partial charge is 0.193 e. The second-order valence-electron chi connectivity index (χ2n) is 32.7. The zero-order valence-electron chi connectivity index (χ0n) is 65.5. The third-order valence-corrected chi connectivity index (χ3v) is 48.3. The molecule has 3 aromatic heterocycles. The summed E-state index contributed by atoms with van der Waals surface area (Å²) in [6.45, 7) is 19.9. The molecule has 2 aromatic carbocycles. The topological polar surface area (TPSA) is 360 Å². The molecule has 5 aromatic rings. The van der Waals surface area contributed by atoms with Crippen molar-refractivity contribution in [3.05, 3.63) is 111 Å². The van der Waals surface area contributed by atoms with Gasteiger partial charge in [-0.2, -0.15) is 0 Å². The third-order valence-electron chi connectivity index (χ3n) is 22.5. The molecule has 0 spiro atoms. The summed E-state index contributed by atoms with van der Waals surface area (Å²) in [6.07, 6.45) is 11.0. The highest BCUT2D eigenvalue weighted by Crippen LogP contribution is 2.40. The summed E-state index contributed by atoms with van der Waals surface area (Å²) in [5, 5.41) is 1.82. The van der Waals surface area contributed by atoms with E-state index in [0.717, 1.165) is 126 Å². The number of unbranched alkanes of at least 4 members (excludes halogenated alkanes) is 1. The average molecular weight is 1880 g/mol. The molecule has 11 heterocycles. The number of benzene rings is 2. The van der Waals surface area contributed by atoms with Crippen LogP contribution in [0.1, 0.15) is 126 Å². The van der Waals surface area contributed by atoms with E-state index in [1.54, 1.807) is 52.5 Å². The molecular weight excluding hydrogens is 1770 g/mol. The van der Waals surface area contributed by atoms with E-state index in [9.17, 15) is 84.2 Å². The minimum Gasteiger partial charge on any atom is -0.379 e. The molecule has 0 saturated carbocycles. The molecule has 0 N–H and O–H groups in total. The van der Waals surface area contributed by atoms with E-state index in [0.29, 0.717) is 53.2 Å². The van der Waals surface area contributed by atoms with E-state index in [4.69, 9.17) is 27.9 Å². The van der Waals surface area contributed by atoms with Gasteiger partial charge in [-0.1, -0.05) is 102 Å². The molecule has 0 amide bonds. The van der Waals surface area contributed by atoms with E-state index < -0.39 is 137 Å². The quantitative estimate of drug-likeness (QED) is 0.0548. The van der Waals surface area contributed by atoms with Gasteiger partial charge in [-0.3, -0.25) is 14.7 Å². The number of thiophene rings is 3. The Kier molecular flexibility index (Phi) is 33.2. The number of likely N-dealkylation sites (tertiary alicyclic amines) is 3. The van der Waals surface area contributed by atoms with Gasteiger partial charge in [-0.25, -0.2) is 84.2 Å². The van der Waals surface area contributed by atoms with Crippen LogP contribution in [-0.4, -0.2) is 253 Å². The summed E-state index contributed by atoms with van der Waals surface area (Å²) in [7, 11) is -34.7. The van der Waals surface area contributed by atoms with Crippen molar-refractivity contribution in [3.8, 4) is 0 Å². The number of hydrogen-bond acceptors (Lipinski definition) is 27. The number of halogens is 2. The van der Waals surface area contributed by atoms with Crippen molar-refractivity contribution in [2.75, 3.05) is 103 Å². The fourth-order valence-electron chi connectivity index (χ4n) is 16.8. The lowest BCUT2D eigenvalue weighted by atomic mass is 9.91. The summed E-state index contributed by atoms with van der Waals surface area (Å²) < 4.78 is 255. The van der Waals surface area contributed by atoms with E-state index in [1.165, 1.54) is 59.9 Å². The molecule has 8 fully saturated rings. The molecule has 13 rings (SSSR count). The van der Waals surface area contributed by atoms with Gasteiger partial charge in [0.15, 0.2) is 98.4 Å². The zero-order chi connectivity index (χ0) is 83.8. The van der Waals surface area contributed by atoms with Crippen molar-refractivity contribution in [2.45, 2.75) is 198 Å². The van der Waals surface area contributed by atoms with Gasteiger partial charge in [-0.05, 0) is 210 Å². The summed E-state index contributed by atoms with van der Waals surface area (Å²) in [5.41, 5.74) is 0. The molecule has 12 atom stereocenters. The molecule has 0 aliphatic carbocycles. The summed E-state index contributed by atoms with van der Waals surface area (Å²) in [6, 6.07) is 20.4. The van der Waals surface area contributed by atoms with Gasteiger partial charge in [0.2, 0.25) is 0 Å². The normalized spacial score (nSPS) is 28.6. The predicted molar refractivity (Wildman–Crippen MR) is 456 cm³/mol. The number of piperidine rings is 3. The molecule has 24 nitrogen and oxygen atoms in total. The molecule has 8 aliphatic rings. The maximum atomic E-state index is 12.9. The molecule has 8 saturated heterocycles. The molecular formula is C75H111Cl2N3O21S13. The van der Waals surface area contributed by atoms with Crippen LogP contribution in [0.5, 0.6) is 0 Å². The largest absolute Gasteiger partial charge is 0.379 e. The Bertz CT molecular complexity index is 5170. The Morgan fingerprint density at radius 1 is 0.404 bits per heavy atom. The fourth-order valence-corrected chi connectivity index (χ4v) is 45.3. The number of ether oxygens (including phenoxy) is 1. The van der Waals surface area contributed by atoms with Gasteiger partial charge < -0.3 is 4.74 Å². The maximum Gasteiger partial charge on any atom is 0.193 e. The van der Waals surface area contributed by atoms with Gasteiger partial charge in [0.25, 0.3) is 0 Å². The van der Waals surface area contributed by atoms with Gasteiger partial charge in [-0.15, -0.1) is 34.0 Å². The zero-order valence-corrected chi connectivity index (χ0v) is 77.6. The van der Waals surface area contributed by atoms with Crippen molar-refractivity contribution in [1.82, 2.24) is 14.7 Å². The van der Waals surface area contributed by atoms with Crippen LogP contribution in [0.15, 0.2) is 123 Å². The van der Waals surface area contributed by atoms with E-state index in [2.05, 4.69) is 49.3 Å². The van der Waals surface area contributed by atoms with Gasteiger partial charge in [0, 0.05) is 47.9 Å². The molecule has 39 heteroatoms. The standard InChI is InChI=1S/C17H25ClO5S2.C16H23ClO4S2.C15H23NO4S3.C14H21NO4S3.C13H19NO4S3/c1-13(2)23-10-4-3-5-14-11-24(19,20)12-17(14)25(21,22)16-8-6-15(18)7-9-16;1-12(2)4-3-5-13-10-22(18,19)11-16(13)23(20,21)15-8-6-14(17)7-9-15;1-11-6-12(2)8-16(7-11)13-9-22(17,18)10-14(13)23(19,20)15-4-3-5-21-15;1-11-4-6-15(7-5-11)12-9-21(16,17)10-13(12)22(18,19)14-3-2-8-20-14;15-20(16)9-11(14-6-2-1-3-7-14)12(10-20)21(17,18)13-5-4-8-19-13/h6-9,13-14,17H,3-5,10-12H2,1-2H3;6-9,12-13,16H,3-5,10-11H2,1-2H3;3-5,11-14H,6-10H2,1-2H3;2-3,8,11-13H,4-7,9-10H2,1H3;4-5,8,11-12H,1-3,6-7,9-10H2/t14-,17-;13-,16-;11-,12+,13-,14-;12-,13-;11-,12-/m00000/s1. The second-order valence-corrected chi connectivity index (χ2v) is 58.7.